The third kappa shape index (κ3) is 3.16. The molecule has 0 unspecified atom stereocenters. The molecular formula is C14H17N3O3. The van der Waals surface area contributed by atoms with Crippen molar-refractivity contribution in [2.24, 2.45) is 0 Å². The van der Waals surface area contributed by atoms with Gasteiger partial charge in [-0.1, -0.05) is 18.2 Å². The smallest absolute Gasteiger partial charge is 0.341 e. The van der Waals surface area contributed by atoms with Gasteiger partial charge >= 0.3 is 5.97 Å². The molecule has 2 aromatic rings. The average molecular weight is 275 g/mol. The van der Waals surface area contributed by atoms with Crippen LogP contribution in [0.4, 0.5) is 5.82 Å². The van der Waals surface area contributed by atoms with Gasteiger partial charge in [-0.3, -0.25) is 0 Å². The lowest BCUT2D eigenvalue weighted by Gasteiger charge is -2.10. The van der Waals surface area contributed by atoms with Gasteiger partial charge < -0.3 is 15.2 Å². The summed E-state index contributed by atoms with van der Waals surface area (Å²) in [6, 6.07) is 9.41. The molecule has 0 bridgehead atoms. The molecule has 1 aromatic carbocycles. The number of anilines is 1. The Bertz CT molecular complexity index is 566. The van der Waals surface area contributed by atoms with Crippen LogP contribution in [0.3, 0.4) is 0 Å². The fourth-order valence-corrected chi connectivity index (χ4v) is 1.86. The van der Waals surface area contributed by atoms with Gasteiger partial charge in [0.05, 0.1) is 11.9 Å². The Morgan fingerprint density at radius 1 is 1.40 bits per heavy atom. The van der Waals surface area contributed by atoms with Gasteiger partial charge in [0.1, 0.15) is 11.4 Å². The van der Waals surface area contributed by atoms with Crippen LogP contribution in [-0.4, -0.2) is 41.1 Å². The molecule has 1 heterocycles. The van der Waals surface area contributed by atoms with Crippen LogP contribution >= 0.6 is 0 Å². The van der Waals surface area contributed by atoms with E-state index in [9.17, 15) is 9.90 Å². The number of carboxylic acids is 1. The first-order valence-electron chi connectivity index (χ1n) is 6.33. The molecule has 6 heteroatoms. The van der Waals surface area contributed by atoms with Crippen LogP contribution in [-0.2, 0) is 4.74 Å². The molecule has 0 saturated carbocycles. The molecule has 0 atom stereocenters. The maximum absolute atomic E-state index is 11.2. The van der Waals surface area contributed by atoms with E-state index in [0.717, 1.165) is 12.1 Å². The number of hydrogen-bond acceptors (Lipinski definition) is 4. The second kappa shape index (κ2) is 6.72. The van der Waals surface area contributed by atoms with Crippen molar-refractivity contribution in [3.8, 4) is 5.69 Å². The predicted octanol–water partition coefficient (Wildman–Crippen LogP) is 2.02. The van der Waals surface area contributed by atoms with Gasteiger partial charge in [-0.2, -0.15) is 5.10 Å². The second-order valence-corrected chi connectivity index (χ2v) is 4.23. The van der Waals surface area contributed by atoms with E-state index < -0.39 is 5.97 Å². The van der Waals surface area contributed by atoms with Crippen molar-refractivity contribution in [3.05, 3.63) is 42.1 Å². The summed E-state index contributed by atoms with van der Waals surface area (Å²) in [6.45, 7) is 1.24. The number of methoxy groups -OCH3 is 1. The molecule has 0 radical (unpaired) electrons. The lowest BCUT2D eigenvalue weighted by Crippen LogP contribution is -2.12. The zero-order valence-electron chi connectivity index (χ0n) is 11.2. The average Bonchev–Trinajstić information content (AvgIpc) is 2.88. The highest BCUT2D eigenvalue weighted by molar-refractivity contribution is 5.93. The molecule has 2 N–H and O–H groups in total. The third-order valence-electron chi connectivity index (χ3n) is 2.82. The van der Waals surface area contributed by atoms with Crippen molar-refractivity contribution in [2.75, 3.05) is 25.6 Å². The maximum atomic E-state index is 11.2. The van der Waals surface area contributed by atoms with E-state index in [1.807, 2.05) is 30.3 Å². The molecule has 0 aliphatic rings. The standard InChI is InChI=1S/C14H17N3O3/c1-20-9-5-8-15-13-12(14(18)19)10-16-17(13)11-6-3-2-4-7-11/h2-4,6-7,10,15H,5,8-9H2,1H3,(H,18,19). The molecule has 0 fully saturated rings. The summed E-state index contributed by atoms with van der Waals surface area (Å²) in [4.78, 5) is 11.2. The van der Waals surface area contributed by atoms with Crippen molar-refractivity contribution < 1.29 is 14.6 Å². The summed E-state index contributed by atoms with van der Waals surface area (Å²) >= 11 is 0. The first kappa shape index (κ1) is 14.1. The first-order valence-corrected chi connectivity index (χ1v) is 6.33. The van der Waals surface area contributed by atoms with E-state index in [1.165, 1.54) is 6.20 Å². The molecular weight excluding hydrogens is 258 g/mol. The lowest BCUT2D eigenvalue weighted by atomic mass is 10.3. The molecule has 0 aliphatic carbocycles. The Balaban J connectivity index is 2.26. The Morgan fingerprint density at radius 3 is 2.80 bits per heavy atom. The SMILES string of the molecule is COCCCNc1c(C(=O)O)cnn1-c1ccccc1. The number of hydrogen-bond donors (Lipinski definition) is 2. The van der Waals surface area contributed by atoms with Gasteiger partial charge in [0.15, 0.2) is 0 Å². The van der Waals surface area contributed by atoms with Gasteiger partial charge in [-0.25, -0.2) is 9.48 Å². The van der Waals surface area contributed by atoms with Crippen molar-refractivity contribution in [3.63, 3.8) is 0 Å². The van der Waals surface area contributed by atoms with Gasteiger partial charge in [-0.15, -0.1) is 0 Å². The highest BCUT2D eigenvalue weighted by Gasteiger charge is 2.17. The van der Waals surface area contributed by atoms with E-state index in [1.54, 1.807) is 11.8 Å². The normalized spacial score (nSPS) is 10.4. The maximum Gasteiger partial charge on any atom is 0.341 e. The lowest BCUT2D eigenvalue weighted by molar-refractivity contribution is 0.0698. The number of carboxylic acid groups (broad SMARTS) is 1. The Labute approximate surface area is 117 Å². The Hall–Kier alpha value is -2.34. The van der Waals surface area contributed by atoms with Crippen LogP contribution in [0.1, 0.15) is 16.8 Å². The van der Waals surface area contributed by atoms with Crippen LogP contribution < -0.4 is 5.32 Å². The summed E-state index contributed by atoms with van der Waals surface area (Å²) in [5.41, 5.74) is 0.973. The van der Waals surface area contributed by atoms with E-state index in [-0.39, 0.29) is 5.56 Å². The molecule has 0 amide bonds. The molecule has 0 saturated heterocycles. The van der Waals surface area contributed by atoms with Crippen LogP contribution in [0, 0.1) is 0 Å². The summed E-state index contributed by atoms with van der Waals surface area (Å²) in [5.74, 6) is -0.513. The molecule has 2 rings (SSSR count). The Morgan fingerprint density at radius 2 is 2.15 bits per heavy atom. The van der Waals surface area contributed by atoms with Gasteiger partial charge in [-0.05, 0) is 18.6 Å². The number of nitrogens with one attached hydrogen (secondary N) is 1. The number of carbonyl (C=O) groups is 1. The van der Waals surface area contributed by atoms with Crippen LogP contribution in [0.2, 0.25) is 0 Å². The number of nitrogens with zero attached hydrogens (tertiary/aromatic N) is 2. The molecule has 106 valence electrons. The second-order valence-electron chi connectivity index (χ2n) is 4.23. The number of aromatic nitrogens is 2. The molecule has 6 nitrogen and oxygen atoms in total. The van der Waals surface area contributed by atoms with Crippen molar-refractivity contribution >= 4 is 11.8 Å². The summed E-state index contributed by atoms with van der Waals surface area (Å²) in [6.07, 6.45) is 2.14. The quantitative estimate of drug-likeness (QED) is 0.756. The number of benzene rings is 1. The molecule has 0 spiro atoms. The minimum Gasteiger partial charge on any atom is -0.477 e. The monoisotopic (exact) mass is 275 g/mol. The number of aromatic carboxylic acids is 1. The highest BCUT2D eigenvalue weighted by atomic mass is 16.5. The van der Waals surface area contributed by atoms with Crippen LogP contribution in [0.5, 0.6) is 0 Å². The van der Waals surface area contributed by atoms with E-state index >= 15 is 0 Å². The topological polar surface area (TPSA) is 76.4 Å². The third-order valence-corrected chi connectivity index (χ3v) is 2.82. The minimum absolute atomic E-state index is 0.159. The number of ether oxygens (including phenoxy) is 1. The van der Waals surface area contributed by atoms with E-state index in [0.29, 0.717) is 19.0 Å². The van der Waals surface area contributed by atoms with Crippen molar-refractivity contribution in [2.45, 2.75) is 6.42 Å². The minimum atomic E-state index is -0.999. The summed E-state index contributed by atoms with van der Waals surface area (Å²) in [7, 11) is 1.64. The largest absolute Gasteiger partial charge is 0.477 e. The molecule has 1 aromatic heterocycles. The zero-order valence-corrected chi connectivity index (χ0v) is 11.2. The fourth-order valence-electron chi connectivity index (χ4n) is 1.86. The first-order chi connectivity index (χ1) is 9.74. The zero-order chi connectivity index (χ0) is 14.4. The van der Waals surface area contributed by atoms with Crippen LogP contribution in [0.15, 0.2) is 36.5 Å². The highest BCUT2D eigenvalue weighted by Crippen LogP contribution is 2.20. The molecule has 0 aliphatic heterocycles. The van der Waals surface area contributed by atoms with Gasteiger partial charge in [0.2, 0.25) is 0 Å². The molecule has 20 heavy (non-hydrogen) atoms. The number of para-hydroxylation sites is 1. The van der Waals surface area contributed by atoms with Gasteiger partial charge in [0.25, 0.3) is 0 Å². The summed E-state index contributed by atoms with van der Waals surface area (Å²) < 4.78 is 6.57. The predicted molar refractivity (Wildman–Crippen MR) is 75.5 cm³/mol. The fraction of sp³-hybridized carbons (Fsp3) is 0.286. The van der Waals surface area contributed by atoms with E-state index in [2.05, 4.69) is 10.4 Å². The van der Waals surface area contributed by atoms with E-state index in [4.69, 9.17) is 4.74 Å². The van der Waals surface area contributed by atoms with Gasteiger partial charge in [0, 0.05) is 20.3 Å². The summed E-state index contributed by atoms with van der Waals surface area (Å²) in [5, 5.41) is 16.5. The van der Waals surface area contributed by atoms with Crippen molar-refractivity contribution in [1.82, 2.24) is 9.78 Å². The van der Waals surface area contributed by atoms with Crippen LogP contribution in [0.25, 0.3) is 5.69 Å². The van der Waals surface area contributed by atoms with Crippen molar-refractivity contribution in [1.29, 1.82) is 0 Å². The Kier molecular flexibility index (Phi) is 4.73. The number of rotatable bonds is 7.